The summed E-state index contributed by atoms with van der Waals surface area (Å²) in [7, 11) is -2.30. The Kier molecular flexibility index (Phi) is 16.4. The Bertz CT molecular complexity index is 1410. The van der Waals surface area contributed by atoms with Crippen molar-refractivity contribution in [2.75, 3.05) is 26.7 Å². The number of rotatable bonds is 15. The van der Waals surface area contributed by atoms with Crippen LogP contribution in [0.3, 0.4) is 0 Å². The molecule has 1 saturated heterocycles. The van der Waals surface area contributed by atoms with Crippen LogP contribution in [0.4, 0.5) is 4.79 Å². The molecular formula is C39H59ClN4O5S. The molecule has 2 saturated carbocycles. The van der Waals surface area contributed by atoms with Gasteiger partial charge in [-0.2, -0.15) is 4.31 Å². The number of ether oxygens (including phenoxy) is 1. The summed E-state index contributed by atoms with van der Waals surface area (Å²) in [5.41, 5.74) is 0.959. The molecule has 3 N–H and O–H groups in total. The summed E-state index contributed by atoms with van der Waals surface area (Å²) in [4.78, 5) is 27.2. The number of carbonyl (C=O) groups is 2. The first-order chi connectivity index (χ1) is 24.2. The number of methoxy groups -OCH3 is 1. The van der Waals surface area contributed by atoms with Gasteiger partial charge < -0.3 is 20.7 Å². The second kappa shape index (κ2) is 20.4. The zero-order valence-corrected chi connectivity index (χ0v) is 31.8. The maximum Gasteiger partial charge on any atom is 0.407 e. The molecule has 1 heterocycles. The molecule has 11 heteroatoms. The molecule has 2 aromatic rings. The Morgan fingerprint density at radius 1 is 0.940 bits per heavy atom. The number of amides is 2. The summed E-state index contributed by atoms with van der Waals surface area (Å²) >= 11 is 6.24. The van der Waals surface area contributed by atoms with Crippen LogP contribution in [0.5, 0.6) is 0 Å². The summed E-state index contributed by atoms with van der Waals surface area (Å²) in [6.45, 7) is 5.92. The van der Waals surface area contributed by atoms with Crippen LogP contribution in [-0.4, -0.2) is 69.6 Å². The Labute approximate surface area is 305 Å². The van der Waals surface area contributed by atoms with E-state index in [1.165, 1.54) is 32.8 Å². The Morgan fingerprint density at radius 3 is 2.20 bits per heavy atom. The van der Waals surface area contributed by atoms with Gasteiger partial charge in [-0.15, -0.1) is 0 Å². The SMILES string of the molecule is C1CCC1.CCCC(CCC)[C@@H](c1ccc(Cl)cc1)C(NC(=O)OC)C(=O)NC1CCCC1CC[C@H]1CNCCN1S(=O)(=O)c1ccccc1. The summed E-state index contributed by atoms with van der Waals surface area (Å²) in [6, 6.07) is 15.1. The van der Waals surface area contributed by atoms with Crippen molar-refractivity contribution in [2.24, 2.45) is 11.8 Å². The van der Waals surface area contributed by atoms with Crippen molar-refractivity contribution in [3.8, 4) is 0 Å². The number of carbonyl (C=O) groups excluding carboxylic acids is 2. The van der Waals surface area contributed by atoms with Crippen LogP contribution in [0.25, 0.3) is 0 Å². The van der Waals surface area contributed by atoms with Gasteiger partial charge in [-0.3, -0.25) is 4.79 Å². The van der Waals surface area contributed by atoms with Crippen molar-refractivity contribution in [1.29, 1.82) is 0 Å². The monoisotopic (exact) mass is 730 g/mol. The topological polar surface area (TPSA) is 117 Å². The second-order valence-corrected chi connectivity index (χ2v) is 16.4. The van der Waals surface area contributed by atoms with Crippen molar-refractivity contribution < 1.29 is 22.7 Å². The van der Waals surface area contributed by atoms with Gasteiger partial charge in [0.1, 0.15) is 6.04 Å². The largest absolute Gasteiger partial charge is 0.453 e. The van der Waals surface area contributed by atoms with Crippen LogP contribution < -0.4 is 16.0 Å². The predicted molar refractivity (Wildman–Crippen MR) is 201 cm³/mol. The molecule has 1 aliphatic heterocycles. The van der Waals surface area contributed by atoms with Crippen molar-refractivity contribution in [2.45, 2.75) is 126 Å². The van der Waals surface area contributed by atoms with Crippen LogP contribution in [0.1, 0.15) is 109 Å². The van der Waals surface area contributed by atoms with Gasteiger partial charge in [0.25, 0.3) is 0 Å². The Hall–Kier alpha value is -2.66. The number of alkyl carbamates (subject to hydrolysis) is 1. The number of piperazine rings is 1. The maximum atomic E-state index is 14.2. The fraction of sp³-hybridized carbons (Fsp3) is 0.641. The molecule has 5 rings (SSSR count). The normalized spacial score (nSPS) is 22.1. The fourth-order valence-corrected chi connectivity index (χ4v) is 9.51. The van der Waals surface area contributed by atoms with Crippen LogP contribution >= 0.6 is 11.6 Å². The van der Waals surface area contributed by atoms with E-state index in [1.54, 1.807) is 28.6 Å². The minimum absolute atomic E-state index is 0.0631. The third-order valence-corrected chi connectivity index (χ3v) is 12.9. The fourth-order valence-electron chi connectivity index (χ4n) is 7.71. The minimum atomic E-state index is -3.61. The number of hydrogen-bond acceptors (Lipinski definition) is 6. The van der Waals surface area contributed by atoms with E-state index in [0.717, 1.165) is 56.9 Å². The van der Waals surface area contributed by atoms with Crippen molar-refractivity contribution >= 4 is 33.6 Å². The quantitative estimate of drug-likeness (QED) is 0.173. The van der Waals surface area contributed by atoms with Crippen molar-refractivity contribution in [1.82, 2.24) is 20.3 Å². The smallest absolute Gasteiger partial charge is 0.407 e. The number of sulfonamides is 1. The van der Waals surface area contributed by atoms with E-state index in [9.17, 15) is 18.0 Å². The summed E-state index contributed by atoms with van der Waals surface area (Å²) in [5.74, 6) is -0.102. The lowest BCUT2D eigenvalue weighted by atomic mass is 9.75. The molecule has 0 bridgehead atoms. The van der Waals surface area contributed by atoms with Gasteiger partial charge in [-0.05, 0) is 67.3 Å². The molecule has 5 atom stereocenters. The molecular weight excluding hydrogens is 672 g/mol. The van der Waals surface area contributed by atoms with Gasteiger partial charge in [0.05, 0.1) is 12.0 Å². The number of benzene rings is 2. The van der Waals surface area contributed by atoms with Crippen LogP contribution in [-0.2, 0) is 19.6 Å². The molecule has 278 valence electrons. The van der Waals surface area contributed by atoms with Gasteiger partial charge >= 0.3 is 6.09 Å². The van der Waals surface area contributed by atoms with Gasteiger partial charge in [0.15, 0.2) is 0 Å². The Balaban J connectivity index is 0.00000131. The summed E-state index contributed by atoms with van der Waals surface area (Å²) in [6.07, 6.45) is 13.4. The zero-order valence-electron chi connectivity index (χ0n) is 30.2. The Morgan fingerprint density at radius 2 is 1.60 bits per heavy atom. The number of halogens is 1. The first-order valence-corrected chi connectivity index (χ1v) is 20.7. The molecule has 0 spiro atoms. The van der Waals surface area contributed by atoms with E-state index in [-0.39, 0.29) is 35.7 Å². The third kappa shape index (κ3) is 11.2. The van der Waals surface area contributed by atoms with Gasteiger partial charge in [0, 0.05) is 42.7 Å². The molecule has 50 heavy (non-hydrogen) atoms. The van der Waals surface area contributed by atoms with E-state index in [0.29, 0.717) is 36.0 Å². The highest BCUT2D eigenvalue weighted by atomic mass is 35.5. The molecule has 0 radical (unpaired) electrons. The number of nitrogens with one attached hydrogen (secondary N) is 3. The first-order valence-electron chi connectivity index (χ1n) is 18.9. The highest BCUT2D eigenvalue weighted by molar-refractivity contribution is 7.89. The number of hydrogen-bond donors (Lipinski definition) is 3. The second-order valence-electron chi connectivity index (χ2n) is 14.1. The average Bonchev–Trinajstić information content (AvgIpc) is 3.54. The summed E-state index contributed by atoms with van der Waals surface area (Å²) < 4.78 is 33.7. The predicted octanol–water partition coefficient (Wildman–Crippen LogP) is 7.65. The minimum Gasteiger partial charge on any atom is -0.453 e. The molecule has 2 amide bonds. The summed E-state index contributed by atoms with van der Waals surface area (Å²) in [5, 5.41) is 10.2. The lowest BCUT2D eigenvalue weighted by Crippen LogP contribution is -2.55. The van der Waals surface area contributed by atoms with Crippen LogP contribution in [0.2, 0.25) is 5.02 Å². The van der Waals surface area contributed by atoms with E-state index >= 15 is 0 Å². The zero-order chi connectivity index (χ0) is 35.9. The highest BCUT2D eigenvalue weighted by Gasteiger charge is 2.40. The van der Waals surface area contributed by atoms with E-state index in [2.05, 4.69) is 29.8 Å². The molecule has 3 unspecified atom stereocenters. The van der Waals surface area contributed by atoms with Gasteiger partial charge in [0.2, 0.25) is 15.9 Å². The molecule has 2 aliphatic carbocycles. The van der Waals surface area contributed by atoms with Crippen molar-refractivity contribution in [3.63, 3.8) is 0 Å². The highest BCUT2D eigenvalue weighted by Crippen LogP contribution is 2.37. The number of nitrogens with zero attached hydrogens (tertiary/aromatic N) is 1. The standard InChI is InChI=1S/C35H51ClN4O5S.C4H8/c1-4-10-26(11-5-2)32(27-16-19-28(36)20-17-27)33(39-35(42)45-3)34(41)38-31-15-9-12-25(31)18-21-29-24-37-22-23-40(29)46(43,44)30-13-7-6-8-14-30;1-2-4-3-1/h6-8,13-14,16-17,19-20,25-26,29,31-33,37H,4-5,9-12,15,18,21-24H2,1-3H3,(H,38,41)(H,39,42);1-4H2/t25?,29-,31?,32-,33?;/m0./s1. The van der Waals surface area contributed by atoms with E-state index in [1.807, 2.05) is 30.3 Å². The van der Waals surface area contributed by atoms with Gasteiger partial charge in [-0.25, -0.2) is 13.2 Å². The lowest BCUT2D eigenvalue weighted by Gasteiger charge is -2.36. The lowest BCUT2D eigenvalue weighted by molar-refractivity contribution is -0.125. The molecule has 3 aliphatic rings. The van der Waals surface area contributed by atoms with Crippen LogP contribution in [0.15, 0.2) is 59.5 Å². The van der Waals surface area contributed by atoms with Gasteiger partial charge in [-0.1, -0.05) is 114 Å². The first kappa shape index (κ1) is 40.1. The molecule has 9 nitrogen and oxygen atoms in total. The van der Waals surface area contributed by atoms with Crippen LogP contribution in [0, 0.1) is 11.8 Å². The van der Waals surface area contributed by atoms with Crippen molar-refractivity contribution in [3.05, 3.63) is 65.2 Å². The maximum absolute atomic E-state index is 14.2. The molecule has 2 aromatic carbocycles. The third-order valence-electron chi connectivity index (χ3n) is 10.7. The van der Waals surface area contributed by atoms with E-state index in [4.69, 9.17) is 16.3 Å². The van der Waals surface area contributed by atoms with E-state index < -0.39 is 22.2 Å². The molecule has 0 aromatic heterocycles. The average molecular weight is 731 g/mol. The molecule has 3 fully saturated rings.